The second-order valence-corrected chi connectivity index (χ2v) is 4.71. The van der Waals surface area contributed by atoms with Crippen LogP contribution in [0.25, 0.3) is 0 Å². The highest BCUT2D eigenvalue weighted by atomic mass is 15.3. The largest absolute Gasteiger partial charge is 0.326 e. The molecule has 0 radical (unpaired) electrons. The smallest absolute Gasteiger partial charge is 0.0668 e. The Kier molecular flexibility index (Phi) is 3.61. The Hall–Kier alpha value is -0.870. The van der Waals surface area contributed by atoms with Gasteiger partial charge in [-0.25, -0.2) is 0 Å². The molecule has 4 heteroatoms. The molecular weight excluding hydrogens is 200 g/mol. The topological polar surface area (TPSA) is 47.1 Å². The molecule has 0 aliphatic carbocycles. The van der Waals surface area contributed by atoms with Crippen LogP contribution >= 0.6 is 0 Å². The van der Waals surface area contributed by atoms with E-state index in [-0.39, 0.29) is 6.04 Å². The van der Waals surface area contributed by atoms with Gasteiger partial charge in [-0.05, 0) is 38.9 Å². The Morgan fingerprint density at radius 1 is 1.56 bits per heavy atom. The SMILES string of the molecule is CCCn1nccc1C1C(N)CCCN1C. The lowest BCUT2D eigenvalue weighted by molar-refractivity contribution is 0.154. The molecule has 2 rings (SSSR count). The van der Waals surface area contributed by atoms with Crippen LogP contribution in [0.5, 0.6) is 0 Å². The van der Waals surface area contributed by atoms with Crippen molar-refractivity contribution >= 4 is 0 Å². The molecule has 1 saturated heterocycles. The van der Waals surface area contributed by atoms with Crippen LogP contribution < -0.4 is 5.73 Å². The fourth-order valence-electron chi connectivity index (χ4n) is 2.64. The van der Waals surface area contributed by atoms with E-state index in [4.69, 9.17) is 5.73 Å². The second kappa shape index (κ2) is 4.97. The monoisotopic (exact) mass is 222 g/mol. The molecule has 1 aliphatic rings. The van der Waals surface area contributed by atoms with Crippen molar-refractivity contribution in [2.24, 2.45) is 5.73 Å². The Bertz CT molecular complexity index is 324. The van der Waals surface area contributed by atoms with Gasteiger partial charge in [0.05, 0.1) is 11.7 Å². The summed E-state index contributed by atoms with van der Waals surface area (Å²) in [5.41, 5.74) is 7.52. The summed E-state index contributed by atoms with van der Waals surface area (Å²) >= 11 is 0. The van der Waals surface area contributed by atoms with E-state index in [0.29, 0.717) is 6.04 Å². The van der Waals surface area contributed by atoms with E-state index in [2.05, 4.69) is 34.7 Å². The molecule has 0 bridgehead atoms. The average molecular weight is 222 g/mol. The van der Waals surface area contributed by atoms with E-state index >= 15 is 0 Å². The number of hydrogen-bond acceptors (Lipinski definition) is 3. The standard InChI is InChI=1S/C12H22N4/c1-3-8-16-11(6-7-14-16)12-10(13)5-4-9-15(12)2/h6-7,10,12H,3-5,8-9,13H2,1-2H3. The predicted molar refractivity (Wildman–Crippen MR) is 65.1 cm³/mol. The summed E-state index contributed by atoms with van der Waals surface area (Å²) in [6, 6.07) is 2.69. The maximum atomic E-state index is 6.24. The minimum absolute atomic E-state index is 0.242. The molecule has 2 unspecified atom stereocenters. The number of likely N-dealkylation sites (tertiary alicyclic amines) is 1. The fraction of sp³-hybridized carbons (Fsp3) is 0.750. The molecule has 2 N–H and O–H groups in total. The first-order chi connectivity index (χ1) is 7.74. The summed E-state index contributed by atoms with van der Waals surface area (Å²) in [4.78, 5) is 2.36. The average Bonchev–Trinajstić information content (AvgIpc) is 2.67. The quantitative estimate of drug-likeness (QED) is 0.840. The van der Waals surface area contributed by atoms with E-state index in [9.17, 15) is 0 Å². The molecule has 4 nitrogen and oxygen atoms in total. The number of likely N-dealkylation sites (N-methyl/N-ethyl adjacent to an activating group) is 1. The van der Waals surface area contributed by atoms with Crippen molar-refractivity contribution < 1.29 is 0 Å². The summed E-state index contributed by atoms with van der Waals surface area (Å²) in [6.45, 7) is 4.30. The molecule has 1 aromatic heterocycles. The van der Waals surface area contributed by atoms with E-state index < -0.39 is 0 Å². The van der Waals surface area contributed by atoms with Gasteiger partial charge in [-0.1, -0.05) is 6.92 Å². The third-order valence-corrected chi connectivity index (χ3v) is 3.42. The van der Waals surface area contributed by atoms with Crippen molar-refractivity contribution in [1.29, 1.82) is 0 Å². The Balaban J connectivity index is 2.23. The minimum atomic E-state index is 0.242. The van der Waals surface area contributed by atoms with E-state index in [1.165, 1.54) is 12.1 Å². The normalized spacial score (nSPS) is 27.2. The van der Waals surface area contributed by atoms with Crippen LogP contribution in [0.1, 0.15) is 37.9 Å². The first kappa shape index (κ1) is 11.6. The van der Waals surface area contributed by atoms with Crippen molar-refractivity contribution in [2.75, 3.05) is 13.6 Å². The lowest BCUT2D eigenvalue weighted by Crippen LogP contribution is -2.44. The Morgan fingerprint density at radius 3 is 3.06 bits per heavy atom. The molecule has 1 aliphatic heterocycles. The van der Waals surface area contributed by atoms with Crippen LogP contribution in [-0.4, -0.2) is 34.3 Å². The highest BCUT2D eigenvalue weighted by Gasteiger charge is 2.29. The molecule has 2 heterocycles. The molecule has 0 saturated carbocycles. The number of rotatable bonds is 3. The number of nitrogens with zero attached hydrogens (tertiary/aromatic N) is 3. The molecule has 1 aromatic rings. The maximum absolute atomic E-state index is 6.24. The Morgan fingerprint density at radius 2 is 2.38 bits per heavy atom. The number of aryl methyl sites for hydroxylation is 1. The van der Waals surface area contributed by atoms with Gasteiger partial charge in [0, 0.05) is 18.8 Å². The first-order valence-corrected chi connectivity index (χ1v) is 6.21. The lowest BCUT2D eigenvalue weighted by Gasteiger charge is -2.37. The highest BCUT2D eigenvalue weighted by Crippen LogP contribution is 2.28. The Labute approximate surface area is 97.4 Å². The number of nitrogens with two attached hydrogens (primary N) is 1. The minimum Gasteiger partial charge on any atom is -0.326 e. The van der Waals surface area contributed by atoms with Gasteiger partial charge in [0.1, 0.15) is 0 Å². The van der Waals surface area contributed by atoms with Crippen LogP contribution in [0.15, 0.2) is 12.3 Å². The van der Waals surface area contributed by atoms with Gasteiger partial charge in [0.25, 0.3) is 0 Å². The van der Waals surface area contributed by atoms with Gasteiger partial charge in [-0.15, -0.1) is 0 Å². The van der Waals surface area contributed by atoms with Crippen molar-refractivity contribution in [3.63, 3.8) is 0 Å². The van der Waals surface area contributed by atoms with E-state index in [1.807, 2.05) is 6.20 Å². The molecule has 2 atom stereocenters. The molecular formula is C12H22N4. The summed E-state index contributed by atoms with van der Waals surface area (Å²) in [5.74, 6) is 0. The number of piperidine rings is 1. The third-order valence-electron chi connectivity index (χ3n) is 3.42. The molecule has 90 valence electrons. The van der Waals surface area contributed by atoms with E-state index in [0.717, 1.165) is 25.9 Å². The molecule has 0 aromatic carbocycles. The molecule has 1 fully saturated rings. The summed E-state index contributed by atoms with van der Waals surface area (Å²) in [7, 11) is 2.16. The van der Waals surface area contributed by atoms with Crippen LogP contribution in [-0.2, 0) is 6.54 Å². The first-order valence-electron chi connectivity index (χ1n) is 6.21. The van der Waals surface area contributed by atoms with Crippen LogP contribution in [0, 0.1) is 0 Å². The highest BCUT2D eigenvalue weighted by molar-refractivity contribution is 5.11. The van der Waals surface area contributed by atoms with Gasteiger partial charge in [-0.3, -0.25) is 9.58 Å². The van der Waals surface area contributed by atoms with Crippen LogP contribution in [0.3, 0.4) is 0 Å². The van der Waals surface area contributed by atoms with Crippen molar-refractivity contribution in [2.45, 2.75) is 44.8 Å². The fourth-order valence-corrected chi connectivity index (χ4v) is 2.64. The van der Waals surface area contributed by atoms with Crippen molar-refractivity contribution in [1.82, 2.24) is 14.7 Å². The number of hydrogen-bond donors (Lipinski definition) is 1. The zero-order valence-electron chi connectivity index (χ0n) is 10.3. The van der Waals surface area contributed by atoms with Crippen molar-refractivity contribution in [3.05, 3.63) is 18.0 Å². The van der Waals surface area contributed by atoms with Crippen LogP contribution in [0.2, 0.25) is 0 Å². The summed E-state index contributed by atoms with van der Waals surface area (Å²) in [5, 5.41) is 4.38. The third kappa shape index (κ3) is 2.13. The lowest BCUT2D eigenvalue weighted by atomic mass is 9.95. The summed E-state index contributed by atoms with van der Waals surface area (Å²) in [6.07, 6.45) is 5.32. The zero-order valence-corrected chi connectivity index (χ0v) is 10.3. The predicted octanol–water partition coefficient (Wildman–Crippen LogP) is 1.39. The van der Waals surface area contributed by atoms with Gasteiger partial charge >= 0.3 is 0 Å². The number of aromatic nitrogens is 2. The molecule has 16 heavy (non-hydrogen) atoms. The van der Waals surface area contributed by atoms with Gasteiger partial charge in [0.15, 0.2) is 0 Å². The van der Waals surface area contributed by atoms with Gasteiger partial charge in [-0.2, -0.15) is 5.10 Å². The van der Waals surface area contributed by atoms with E-state index in [1.54, 1.807) is 0 Å². The molecule has 0 spiro atoms. The zero-order chi connectivity index (χ0) is 11.5. The maximum Gasteiger partial charge on any atom is 0.0668 e. The second-order valence-electron chi connectivity index (χ2n) is 4.71. The van der Waals surface area contributed by atoms with Crippen LogP contribution in [0.4, 0.5) is 0 Å². The van der Waals surface area contributed by atoms with Gasteiger partial charge < -0.3 is 5.73 Å². The van der Waals surface area contributed by atoms with Crippen molar-refractivity contribution in [3.8, 4) is 0 Å². The summed E-state index contributed by atoms with van der Waals surface area (Å²) < 4.78 is 2.10. The molecule has 0 amide bonds. The van der Waals surface area contributed by atoms with Gasteiger partial charge in [0.2, 0.25) is 0 Å².